The summed E-state index contributed by atoms with van der Waals surface area (Å²) in [5.74, 6) is 0.907. The average Bonchev–Trinajstić information content (AvgIpc) is 3.32. The van der Waals surface area contributed by atoms with Gasteiger partial charge in [0.25, 0.3) is 0 Å². The summed E-state index contributed by atoms with van der Waals surface area (Å²) in [4.78, 5) is 5.13. The van der Waals surface area contributed by atoms with Gasteiger partial charge in [-0.1, -0.05) is 66.2 Å². The number of nitrogens with one attached hydrogen (secondary N) is 1. The molecule has 1 aliphatic heterocycles. The molecule has 1 unspecified atom stereocenters. The van der Waals surface area contributed by atoms with Crippen LogP contribution in [0.15, 0.2) is 88.4 Å². The number of hydrogen-bond donors (Lipinski definition) is 1. The van der Waals surface area contributed by atoms with Crippen molar-refractivity contribution in [1.29, 1.82) is 0 Å². The molecule has 7 nitrogen and oxygen atoms in total. The van der Waals surface area contributed by atoms with Crippen molar-refractivity contribution < 1.29 is 8.42 Å². The molecule has 0 bridgehead atoms. The molecule has 2 aromatic heterocycles. The number of rotatable bonds is 6. The first-order valence-corrected chi connectivity index (χ1v) is 15.0. The van der Waals surface area contributed by atoms with Gasteiger partial charge in [0.05, 0.1) is 21.3 Å². The Kier molecular flexibility index (Phi) is 6.86. The van der Waals surface area contributed by atoms with E-state index in [1.165, 1.54) is 0 Å². The maximum Gasteiger partial charge on any atom is 0.243 e. The number of hydrogen-bond acceptors (Lipinski definition) is 5. The molecule has 194 valence electrons. The summed E-state index contributed by atoms with van der Waals surface area (Å²) in [5.41, 5.74) is 2.24. The van der Waals surface area contributed by atoms with Crippen LogP contribution in [0.2, 0.25) is 5.02 Å². The fourth-order valence-corrected chi connectivity index (χ4v) is 7.44. The first-order chi connectivity index (χ1) is 18.4. The number of anilines is 1. The molecule has 1 fully saturated rings. The maximum absolute atomic E-state index is 13.7. The van der Waals surface area contributed by atoms with Crippen molar-refractivity contribution in [2.45, 2.75) is 17.7 Å². The second kappa shape index (κ2) is 10.3. The topological polar surface area (TPSA) is 79.6 Å². The Hall–Kier alpha value is -2.98. The van der Waals surface area contributed by atoms with Gasteiger partial charge in [-0.2, -0.15) is 13.9 Å². The van der Waals surface area contributed by atoms with Gasteiger partial charge in [-0.3, -0.25) is 0 Å². The van der Waals surface area contributed by atoms with Gasteiger partial charge in [0.1, 0.15) is 5.82 Å². The van der Waals surface area contributed by atoms with Gasteiger partial charge < -0.3 is 5.32 Å². The summed E-state index contributed by atoms with van der Waals surface area (Å²) in [6, 6.07) is 22.6. The molecule has 0 saturated carbocycles. The highest BCUT2D eigenvalue weighted by atomic mass is 79.9. The molecule has 1 atom stereocenters. The third-order valence-electron chi connectivity index (χ3n) is 7.00. The second-order valence-corrected chi connectivity index (χ2v) is 12.6. The molecule has 0 radical (unpaired) electrons. The van der Waals surface area contributed by atoms with Gasteiger partial charge in [-0.25, -0.2) is 13.4 Å². The lowest BCUT2D eigenvalue weighted by atomic mass is 10.00. The third kappa shape index (κ3) is 4.68. The summed E-state index contributed by atoms with van der Waals surface area (Å²) >= 11 is 10.0. The Balaban J connectivity index is 1.25. The molecule has 1 N–H and O–H groups in total. The van der Waals surface area contributed by atoms with E-state index in [-0.39, 0.29) is 5.92 Å². The van der Waals surface area contributed by atoms with Gasteiger partial charge in [0.2, 0.25) is 10.0 Å². The standard InChI is InChI=1S/C28H25BrClN5O2S/c29-23-17-32-35-27(15-25(33-28(23)35)22-11-3-4-12-24(22)30)31-16-19-7-6-14-34(18-19)38(36,37)26-13-5-9-20-8-1-2-10-21(20)26/h1-5,8-13,15,17,19,31H,6-7,14,16,18H2. The summed E-state index contributed by atoms with van der Waals surface area (Å²) in [7, 11) is -3.63. The molecule has 38 heavy (non-hydrogen) atoms. The van der Waals surface area contributed by atoms with Gasteiger partial charge in [-0.05, 0) is 52.2 Å². The number of halogens is 2. The van der Waals surface area contributed by atoms with Crippen LogP contribution in [0.25, 0.3) is 27.7 Å². The molecule has 10 heteroatoms. The van der Waals surface area contributed by atoms with Crippen LogP contribution >= 0.6 is 27.5 Å². The Morgan fingerprint density at radius 2 is 1.84 bits per heavy atom. The lowest BCUT2D eigenvalue weighted by Gasteiger charge is -2.32. The summed E-state index contributed by atoms with van der Waals surface area (Å²) in [5, 5.41) is 10.3. The number of sulfonamides is 1. The fraction of sp³-hybridized carbons (Fsp3) is 0.214. The number of piperidine rings is 1. The first-order valence-electron chi connectivity index (χ1n) is 12.4. The van der Waals surface area contributed by atoms with Crippen molar-refractivity contribution in [2.24, 2.45) is 5.92 Å². The van der Waals surface area contributed by atoms with Crippen molar-refractivity contribution in [3.63, 3.8) is 0 Å². The number of aromatic nitrogens is 3. The third-order valence-corrected chi connectivity index (χ3v) is 9.81. The molecule has 3 aromatic carbocycles. The zero-order chi connectivity index (χ0) is 26.3. The Labute approximate surface area is 234 Å². The van der Waals surface area contributed by atoms with E-state index in [1.54, 1.807) is 21.1 Å². The molecule has 5 aromatic rings. The van der Waals surface area contributed by atoms with Gasteiger partial charge in [-0.15, -0.1) is 0 Å². The van der Waals surface area contributed by atoms with Crippen molar-refractivity contribution in [2.75, 3.05) is 25.0 Å². The van der Waals surface area contributed by atoms with E-state index >= 15 is 0 Å². The molecular weight excluding hydrogens is 586 g/mol. The minimum Gasteiger partial charge on any atom is -0.370 e. The minimum absolute atomic E-state index is 0.138. The van der Waals surface area contributed by atoms with E-state index in [9.17, 15) is 8.42 Å². The fourth-order valence-electron chi connectivity index (χ4n) is 5.09. The van der Waals surface area contributed by atoms with Crippen molar-refractivity contribution in [3.05, 3.63) is 88.5 Å². The van der Waals surface area contributed by atoms with E-state index in [0.717, 1.165) is 45.2 Å². The largest absolute Gasteiger partial charge is 0.370 e. The van der Waals surface area contributed by atoms with Crippen LogP contribution in [0.1, 0.15) is 12.8 Å². The van der Waals surface area contributed by atoms with Gasteiger partial charge in [0, 0.05) is 41.7 Å². The molecule has 1 aliphatic rings. The van der Waals surface area contributed by atoms with Crippen molar-refractivity contribution in [1.82, 2.24) is 18.9 Å². The Morgan fingerprint density at radius 3 is 2.71 bits per heavy atom. The van der Waals surface area contributed by atoms with Crippen molar-refractivity contribution >= 4 is 59.8 Å². The lowest BCUT2D eigenvalue weighted by Crippen LogP contribution is -2.41. The number of benzene rings is 3. The number of fused-ring (bicyclic) bond motifs is 2. The predicted octanol–water partition coefficient (Wildman–Crippen LogP) is 6.48. The monoisotopic (exact) mass is 609 g/mol. The van der Waals surface area contributed by atoms with E-state index < -0.39 is 10.0 Å². The van der Waals surface area contributed by atoms with Crippen LogP contribution in [-0.2, 0) is 10.0 Å². The molecular formula is C28H25BrClN5O2S. The predicted molar refractivity (Wildman–Crippen MR) is 155 cm³/mol. The smallest absolute Gasteiger partial charge is 0.243 e. The maximum atomic E-state index is 13.7. The van der Waals surface area contributed by atoms with Crippen LogP contribution < -0.4 is 5.32 Å². The highest BCUT2D eigenvalue weighted by molar-refractivity contribution is 9.10. The first kappa shape index (κ1) is 25.3. The van der Waals surface area contributed by atoms with Crippen LogP contribution in [0, 0.1) is 5.92 Å². The SMILES string of the molecule is O=S(=O)(c1cccc2ccccc12)N1CCCC(CNc2cc(-c3ccccc3Cl)nc3c(Br)cnn23)C1. The highest BCUT2D eigenvalue weighted by Gasteiger charge is 2.31. The van der Waals surface area contributed by atoms with E-state index in [1.807, 2.05) is 66.7 Å². The number of nitrogens with zero attached hydrogens (tertiary/aromatic N) is 4. The van der Waals surface area contributed by atoms with Gasteiger partial charge in [0.15, 0.2) is 5.65 Å². The molecule has 0 spiro atoms. The Morgan fingerprint density at radius 1 is 1.05 bits per heavy atom. The van der Waals surface area contributed by atoms with Crippen LogP contribution in [-0.4, -0.2) is 47.0 Å². The van der Waals surface area contributed by atoms with Crippen LogP contribution in [0.3, 0.4) is 0 Å². The molecule has 0 aliphatic carbocycles. The molecule has 1 saturated heterocycles. The zero-order valence-corrected chi connectivity index (χ0v) is 23.5. The van der Waals surface area contributed by atoms with Crippen LogP contribution in [0.4, 0.5) is 5.82 Å². The van der Waals surface area contributed by atoms with Crippen LogP contribution in [0.5, 0.6) is 0 Å². The van der Waals surface area contributed by atoms with Gasteiger partial charge >= 0.3 is 0 Å². The highest BCUT2D eigenvalue weighted by Crippen LogP contribution is 2.32. The summed E-state index contributed by atoms with van der Waals surface area (Å²) in [6.45, 7) is 1.57. The summed E-state index contributed by atoms with van der Waals surface area (Å²) in [6.07, 6.45) is 3.45. The molecule has 6 rings (SSSR count). The minimum atomic E-state index is -3.63. The van der Waals surface area contributed by atoms with E-state index in [2.05, 4.69) is 26.3 Å². The van der Waals surface area contributed by atoms with E-state index in [4.69, 9.17) is 16.6 Å². The normalized spacial score (nSPS) is 16.7. The summed E-state index contributed by atoms with van der Waals surface area (Å²) < 4.78 is 31.6. The lowest BCUT2D eigenvalue weighted by molar-refractivity contribution is 0.275. The average molecular weight is 611 g/mol. The van der Waals surface area contributed by atoms with Crippen molar-refractivity contribution in [3.8, 4) is 11.3 Å². The second-order valence-electron chi connectivity index (χ2n) is 9.46. The van der Waals surface area contributed by atoms with E-state index in [0.29, 0.717) is 35.2 Å². The Bertz CT molecular complexity index is 1750. The quantitative estimate of drug-likeness (QED) is 0.238. The molecule has 0 amide bonds. The molecule has 3 heterocycles. The zero-order valence-electron chi connectivity index (χ0n) is 20.4.